The van der Waals surface area contributed by atoms with E-state index in [0.29, 0.717) is 37.0 Å². The van der Waals surface area contributed by atoms with Crippen LogP contribution in [0.5, 0.6) is 0 Å². The Hall–Kier alpha value is -1.55. The smallest absolute Gasteiger partial charge is 0.303 e. The van der Waals surface area contributed by atoms with Gasteiger partial charge >= 0.3 is 11.9 Å². The van der Waals surface area contributed by atoms with Gasteiger partial charge in [0.2, 0.25) is 0 Å². The van der Waals surface area contributed by atoms with Crippen molar-refractivity contribution in [2.24, 2.45) is 0 Å². The van der Waals surface area contributed by atoms with E-state index in [9.17, 15) is 9.59 Å². The number of carboxylic acids is 2. The molecule has 6 N–H and O–H groups in total. The van der Waals surface area contributed by atoms with Crippen LogP contribution in [0.3, 0.4) is 0 Å². The summed E-state index contributed by atoms with van der Waals surface area (Å²) in [5, 5.41) is 31.9. The molecule has 2 bridgehead atoms. The Labute approximate surface area is 321 Å². The van der Waals surface area contributed by atoms with Crippen LogP contribution >= 0.6 is 0 Å². The fourth-order valence-corrected chi connectivity index (χ4v) is 7.42. The predicted octanol–water partition coefficient (Wildman–Crippen LogP) is 8.50. The van der Waals surface area contributed by atoms with Crippen LogP contribution in [0.15, 0.2) is 18.2 Å². The van der Waals surface area contributed by atoms with Gasteiger partial charge in [-0.3, -0.25) is 14.6 Å². The van der Waals surface area contributed by atoms with E-state index in [1.54, 1.807) is 0 Å². The van der Waals surface area contributed by atoms with Gasteiger partial charge in [0, 0.05) is 80.3 Å². The number of unbranched alkanes of at least 4 members (excludes halogenated alkanes) is 12. The largest absolute Gasteiger partial charge is 0.481 e. The number of aromatic nitrogens is 1. The Kier molecular flexibility index (Phi) is 29.7. The molecule has 2 fully saturated rings. The standard InChI is InChI=1S/C21H35N5.C12H24O2.C8H16O2.Mn/c1-3-10-20-18(8-1)22-12-13-23-19-9-2-4-11-21(19)25-15-17-7-5-6-16(26-17)14-24-20;1-2-3-4-5-6-7-8-9-10-11-12(13)14;1-2-3-4-5-6-7-8(9)10;/h5-7,18-25H,1-4,8-15H2;2-11H2,1H3,(H,13,14);2-7H2,1H3,(H,9,10);/t18-,19-,20-,21-;;;/m0.../s1. The molecule has 10 heteroatoms. The van der Waals surface area contributed by atoms with Crippen LogP contribution in [0.1, 0.15) is 179 Å². The van der Waals surface area contributed by atoms with Crippen LogP contribution in [0, 0.1) is 0 Å². The van der Waals surface area contributed by atoms with Crippen molar-refractivity contribution < 1.29 is 36.9 Å². The van der Waals surface area contributed by atoms with E-state index in [2.05, 4.69) is 53.3 Å². The summed E-state index contributed by atoms with van der Waals surface area (Å²) in [6.45, 7) is 8.27. The molecule has 2 saturated carbocycles. The van der Waals surface area contributed by atoms with Crippen molar-refractivity contribution in [2.75, 3.05) is 13.1 Å². The van der Waals surface area contributed by atoms with Crippen molar-refractivity contribution in [3.8, 4) is 0 Å². The van der Waals surface area contributed by atoms with E-state index in [1.165, 1.54) is 127 Å². The van der Waals surface area contributed by atoms with Crippen LogP contribution in [-0.2, 0) is 39.7 Å². The predicted molar refractivity (Wildman–Crippen MR) is 207 cm³/mol. The summed E-state index contributed by atoms with van der Waals surface area (Å²) >= 11 is 0. The molecule has 4 atom stereocenters. The Morgan fingerprint density at radius 2 is 0.902 bits per heavy atom. The maximum absolute atomic E-state index is 10.2. The maximum Gasteiger partial charge on any atom is 0.303 e. The molecule has 1 aromatic rings. The average molecular weight is 757 g/mol. The third-order valence-corrected chi connectivity index (χ3v) is 10.4. The molecule has 0 spiro atoms. The molecular formula is C41H75MnN5O4. The van der Waals surface area contributed by atoms with Gasteiger partial charge in [0.25, 0.3) is 0 Å². The van der Waals surface area contributed by atoms with Crippen LogP contribution < -0.4 is 21.3 Å². The quantitative estimate of drug-likeness (QED) is 0.0725. The van der Waals surface area contributed by atoms with Crippen molar-refractivity contribution in [1.29, 1.82) is 0 Å². The number of hydrogen-bond acceptors (Lipinski definition) is 7. The summed E-state index contributed by atoms with van der Waals surface area (Å²) in [6, 6.07) is 8.81. The Balaban J connectivity index is 0.000000441. The van der Waals surface area contributed by atoms with Crippen molar-refractivity contribution in [1.82, 2.24) is 26.3 Å². The normalized spacial score (nSPS) is 22.1. The van der Waals surface area contributed by atoms with Gasteiger partial charge in [-0.1, -0.05) is 123 Å². The molecule has 0 aromatic carbocycles. The van der Waals surface area contributed by atoms with Crippen LogP contribution in [0.25, 0.3) is 0 Å². The summed E-state index contributed by atoms with van der Waals surface area (Å²) in [4.78, 5) is 25.1. The molecular weight excluding hydrogens is 681 g/mol. The minimum atomic E-state index is -0.670. The van der Waals surface area contributed by atoms with Crippen LogP contribution in [0.2, 0.25) is 0 Å². The van der Waals surface area contributed by atoms with E-state index in [4.69, 9.17) is 15.2 Å². The zero-order valence-corrected chi connectivity index (χ0v) is 33.6. The molecule has 3 aliphatic rings. The first-order chi connectivity index (χ1) is 24.4. The number of aliphatic carboxylic acids is 2. The minimum absolute atomic E-state index is 0. The molecule has 1 aliphatic heterocycles. The molecule has 51 heavy (non-hydrogen) atoms. The fourth-order valence-electron chi connectivity index (χ4n) is 7.42. The molecule has 0 unspecified atom stereocenters. The monoisotopic (exact) mass is 757 g/mol. The fraction of sp³-hybridized carbons (Fsp3) is 0.829. The second-order valence-electron chi connectivity index (χ2n) is 14.8. The van der Waals surface area contributed by atoms with Gasteiger partial charge in [-0.25, -0.2) is 0 Å². The van der Waals surface area contributed by atoms with Crippen LogP contribution in [0.4, 0.5) is 0 Å². The molecule has 2 aliphatic carbocycles. The first-order valence-corrected chi connectivity index (χ1v) is 20.7. The van der Waals surface area contributed by atoms with E-state index >= 15 is 0 Å². The van der Waals surface area contributed by atoms with Gasteiger partial charge in [0.05, 0.1) is 11.4 Å². The van der Waals surface area contributed by atoms with E-state index < -0.39 is 11.9 Å². The van der Waals surface area contributed by atoms with Crippen molar-refractivity contribution in [2.45, 2.75) is 205 Å². The van der Waals surface area contributed by atoms with Crippen LogP contribution in [-0.4, -0.2) is 64.4 Å². The number of rotatable bonds is 16. The van der Waals surface area contributed by atoms with Gasteiger partial charge in [-0.2, -0.15) is 0 Å². The molecule has 2 heterocycles. The summed E-state index contributed by atoms with van der Waals surface area (Å²) < 4.78 is 0. The zero-order valence-electron chi connectivity index (χ0n) is 32.4. The zero-order chi connectivity index (χ0) is 36.1. The Morgan fingerprint density at radius 1 is 0.569 bits per heavy atom. The summed E-state index contributed by atoms with van der Waals surface area (Å²) in [5.74, 6) is -1.33. The topological polar surface area (TPSA) is 136 Å². The number of fused-ring (bicyclic) bond motifs is 4. The van der Waals surface area contributed by atoms with Gasteiger partial charge < -0.3 is 31.5 Å². The maximum atomic E-state index is 10.2. The van der Waals surface area contributed by atoms with Gasteiger partial charge in [-0.05, 0) is 50.7 Å². The number of nitrogens with zero attached hydrogens (tertiary/aromatic N) is 1. The second-order valence-corrected chi connectivity index (χ2v) is 14.8. The van der Waals surface area contributed by atoms with Crippen molar-refractivity contribution >= 4 is 11.9 Å². The molecule has 0 amide bonds. The number of pyridine rings is 1. The number of carboxylic acid groups (broad SMARTS) is 2. The molecule has 4 rings (SSSR count). The summed E-state index contributed by atoms with van der Waals surface area (Å²) in [6.07, 6.45) is 27.9. The Bertz CT molecular complexity index is 957. The van der Waals surface area contributed by atoms with Crippen molar-refractivity contribution in [3.05, 3.63) is 29.6 Å². The third-order valence-electron chi connectivity index (χ3n) is 10.4. The first-order valence-electron chi connectivity index (χ1n) is 20.7. The number of nitrogens with one attached hydrogen (secondary N) is 4. The van der Waals surface area contributed by atoms with Crippen molar-refractivity contribution in [3.63, 3.8) is 0 Å². The van der Waals surface area contributed by atoms with Gasteiger partial charge in [0.15, 0.2) is 0 Å². The molecule has 1 aromatic heterocycles. The first kappa shape index (κ1) is 47.5. The number of carbonyl (C=O) groups is 2. The molecule has 0 saturated heterocycles. The molecule has 9 nitrogen and oxygen atoms in total. The molecule has 295 valence electrons. The van der Waals surface area contributed by atoms with E-state index in [0.717, 1.165) is 51.9 Å². The minimum Gasteiger partial charge on any atom is -0.481 e. The SMILES string of the molecule is CCCCCCCC(=O)O.CCCCCCCCCCCC(=O)O.[Mn].c1cc2nc(c1)CN[C@H]1CCCC[C@@H]1NCCN[C@H]1CCCC[C@@H]1NC2. The second kappa shape index (κ2) is 31.9. The van der Waals surface area contributed by atoms with E-state index in [1.807, 2.05) is 0 Å². The summed E-state index contributed by atoms with van der Waals surface area (Å²) in [5.41, 5.74) is 2.34. The average Bonchev–Trinajstić information content (AvgIpc) is 3.12. The summed E-state index contributed by atoms with van der Waals surface area (Å²) in [7, 11) is 0. The number of hydrogen-bond donors (Lipinski definition) is 6. The van der Waals surface area contributed by atoms with Gasteiger partial charge in [0.1, 0.15) is 0 Å². The molecule has 1 radical (unpaired) electrons. The van der Waals surface area contributed by atoms with Gasteiger partial charge in [-0.15, -0.1) is 0 Å². The van der Waals surface area contributed by atoms with E-state index in [-0.39, 0.29) is 17.1 Å². The Morgan fingerprint density at radius 3 is 1.25 bits per heavy atom. The third kappa shape index (κ3) is 24.4.